The molecule has 3 rings (SSSR count). The lowest BCUT2D eigenvalue weighted by Crippen LogP contribution is -2.30. The summed E-state index contributed by atoms with van der Waals surface area (Å²) in [6.07, 6.45) is 4.61. The van der Waals surface area contributed by atoms with Gasteiger partial charge in [-0.15, -0.1) is 0 Å². The standard InChI is InChI=1S/C19H26N4O2S/c1-13-6-7-14(2)16(9-13)11-21-19-22-12-17(26(3,24)25)18(23-19)15-5-4-8-20-10-15/h6-7,9,12,15,20H,4-5,8,10-11H2,1-3H3,(H,21,22,23). The summed E-state index contributed by atoms with van der Waals surface area (Å²) < 4.78 is 24.3. The van der Waals surface area contributed by atoms with E-state index >= 15 is 0 Å². The second kappa shape index (κ2) is 7.72. The van der Waals surface area contributed by atoms with Crippen molar-refractivity contribution in [2.45, 2.75) is 44.0 Å². The smallest absolute Gasteiger partial charge is 0.223 e. The molecule has 0 spiro atoms. The number of nitrogens with zero attached hydrogens (tertiary/aromatic N) is 2. The zero-order valence-electron chi connectivity index (χ0n) is 15.5. The molecule has 0 radical (unpaired) electrons. The first-order valence-corrected chi connectivity index (χ1v) is 10.8. The van der Waals surface area contributed by atoms with E-state index in [1.165, 1.54) is 29.1 Å². The highest BCUT2D eigenvalue weighted by Gasteiger charge is 2.25. The number of rotatable bonds is 5. The van der Waals surface area contributed by atoms with Crippen molar-refractivity contribution in [3.8, 4) is 0 Å². The van der Waals surface area contributed by atoms with Crippen LogP contribution in [0.3, 0.4) is 0 Å². The minimum atomic E-state index is -3.36. The third-order valence-corrected chi connectivity index (χ3v) is 5.92. The van der Waals surface area contributed by atoms with Gasteiger partial charge in [0.2, 0.25) is 5.95 Å². The summed E-state index contributed by atoms with van der Waals surface area (Å²) in [6.45, 7) is 6.45. The topological polar surface area (TPSA) is 84.0 Å². The molecule has 1 fully saturated rings. The zero-order valence-corrected chi connectivity index (χ0v) is 16.4. The van der Waals surface area contributed by atoms with Crippen LogP contribution in [0, 0.1) is 13.8 Å². The molecule has 0 aliphatic carbocycles. The number of piperidine rings is 1. The van der Waals surface area contributed by atoms with Gasteiger partial charge in [0, 0.05) is 25.3 Å². The van der Waals surface area contributed by atoms with E-state index in [9.17, 15) is 8.42 Å². The highest BCUT2D eigenvalue weighted by Crippen LogP contribution is 2.28. The van der Waals surface area contributed by atoms with Crippen LogP contribution in [-0.4, -0.2) is 37.7 Å². The summed E-state index contributed by atoms with van der Waals surface area (Å²) in [5.74, 6) is 0.566. The van der Waals surface area contributed by atoms with Gasteiger partial charge in [-0.25, -0.2) is 18.4 Å². The molecule has 140 valence electrons. The number of hydrogen-bond donors (Lipinski definition) is 2. The van der Waals surface area contributed by atoms with Crippen molar-refractivity contribution in [1.29, 1.82) is 0 Å². The third-order valence-electron chi connectivity index (χ3n) is 4.81. The van der Waals surface area contributed by atoms with Crippen LogP contribution < -0.4 is 10.6 Å². The number of anilines is 1. The molecule has 1 aromatic heterocycles. The Kier molecular flexibility index (Phi) is 5.58. The number of hydrogen-bond acceptors (Lipinski definition) is 6. The van der Waals surface area contributed by atoms with Crippen LogP contribution in [0.5, 0.6) is 0 Å². The van der Waals surface area contributed by atoms with Gasteiger partial charge in [0.25, 0.3) is 0 Å². The Hall–Kier alpha value is -1.99. The van der Waals surface area contributed by atoms with Crippen LogP contribution in [0.25, 0.3) is 0 Å². The summed E-state index contributed by atoms with van der Waals surface area (Å²) in [5, 5.41) is 6.58. The van der Waals surface area contributed by atoms with Crippen LogP contribution >= 0.6 is 0 Å². The number of sulfone groups is 1. The zero-order chi connectivity index (χ0) is 18.7. The van der Waals surface area contributed by atoms with Gasteiger partial charge in [-0.3, -0.25) is 0 Å². The molecule has 2 N–H and O–H groups in total. The van der Waals surface area contributed by atoms with E-state index in [2.05, 4.69) is 52.6 Å². The number of nitrogens with one attached hydrogen (secondary N) is 2. The van der Waals surface area contributed by atoms with Gasteiger partial charge in [0.15, 0.2) is 9.84 Å². The molecule has 1 unspecified atom stereocenters. The molecule has 1 aliphatic rings. The van der Waals surface area contributed by atoms with Gasteiger partial charge in [-0.2, -0.15) is 0 Å². The fourth-order valence-electron chi connectivity index (χ4n) is 3.30. The summed E-state index contributed by atoms with van der Waals surface area (Å²) in [6, 6.07) is 6.32. The van der Waals surface area contributed by atoms with Crippen LogP contribution in [0.1, 0.15) is 41.1 Å². The van der Waals surface area contributed by atoms with Crippen molar-refractivity contribution in [2.75, 3.05) is 24.7 Å². The van der Waals surface area contributed by atoms with Crippen molar-refractivity contribution in [2.24, 2.45) is 0 Å². The fourth-order valence-corrected chi connectivity index (χ4v) is 4.13. The SMILES string of the molecule is Cc1ccc(C)c(CNc2ncc(S(C)(=O)=O)c(C3CCCNC3)n2)c1. The first-order chi connectivity index (χ1) is 12.3. The fraction of sp³-hybridized carbons (Fsp3) is 0.474. The van der Waals surface area contributed by atoms with Crippen molar-refractivity contribution in [1.82, 2.24) is 15.3 Å². The maximum atomic E-state index is 12.1. The first kappa shape index (κ1) is 18.8. The van der Waals surface area contributed by atoms with Gasteiger partial charge in [-0.1, -0.05) is 23.8 Å². The second-order valence-electron chi connectivity index (χ2n) is 7.04. The van der Waals surface area contributed by atoms with Gasteiger partial charge in [0.05, 0.1) is 11.9 Å². The Bertz CT molecular complexity index is 890. The number of aryl methyl sites for hydroxylation is 2. The lowest BCUT2D eigenvalue weighted by atomic mass is 9.96. The minimum absolute atomic E-state index is 0.0951. The summed E-state index contributed by atoms with van der Waals surface area (Å²) in [4.78, 5) is 9.07. The molecule has 2 heterocycles. The Labute approximate surface area is 155 Å². The largest absolute Gasteiger partial charge is 0.350 e. The minimum Gasteiger partial charge on any atom is -0.350 e. The van der Waals surface area contributed by atoms with Gasteiger partial charge in [0.1, 0.15) is 4.90 Å². The maximum absolute atomic E-state index is 12.1. The number of benzene rings is 1. The molecule has 1 aliphatic heterocycles. The van der Waals surface area contributed by atoms with E-state index < -0.39 is 9.84 Å². The van der Waals surface area contributed by atoms with E-state index in [-0.39, 0.29) is 10.8 Å². The molecule has 7 heteroatoms. The molecule has 6 nitrogen and oxygen atoms in total. The Morgan fingerprint density at radius 2 is 2.12 bits per heavy atom. The molecule has 1 aromatic carbocycles. The van der Waals surface area contributed by atoms with E-state index in [0.717, 1.165) is 25.9 Å². The van der Waals surface area contributed by atoms with Crippen molar-refractivity contribution in [3.63, 3.8) is 0 Å². The molecular weight excluding hydrogens is 348 g/mol. The lowest BCUT2D eigenvalue weighted by Gasteiger charge is -2.24. The molecular formula is C19H26N4O2S. The quantitative estimate of drug-likeness (QED) is 0.837. The Morgan fingerprint density at radius 3 is 2.81 bits per heavy atom. The second-order valence-corrected chi connectivity index (χ2v) is 9.03. The van der Waals surface area contributed by atoms with Crippen molar-refractivity contribution >= 4 is 15.8 Å². The normalized spacial score (nSPS) is 17.9. The third kappa shape index (κ3) is 4.40. The molecule has 2 aromatic rings. The van der Waals surface area contributed by atoms with Gasteiger partial charge >= 0.3 is 0 Å². The Morgan fingerprint density at radius 1 is 1.31 bits per heavy atom. The molecule has 1 saturated heterocycles. The van der Waals surface area contributed by atoms with E-state index in [0.29, 0.717) is 18.2 Å². The van der Waals surface area contributed by atoms with Crippen molar-refractivity contribution < 1.29 is 8.42 Å². The van der Waals surface area contributed by atoms with E-state index in [1.54, 1.807) is 0 Å². The van der Waals surface area contributed by atoms with Crippen LogP contribution in [0.2, 0.25) is 0 Å². The first-order valence-electron chi connectivity index (χ1n) is 8.92. The predicted octanol–water partition coefficient (Wildman–Crippen LogP) is 2.58. The molecule has 0 amide bonds. The summed E-state index contributed by atoms with van der Waals surface area (Å²) >= 11 is 0. The van der Waals surface area contributed by atoms with Gasteiger partial charge < -0.3 is 10.6 Å². The maximum Gasteiger partial charge on any atom is 0.223 e. The molecule has 1 atom stereocenters. The highest BCUT2D eigenvalue weighted by molar-refractivity contribution is 7.90. The monoisotopic (exact) mass is 374 g/mol. The van der Waals surface area contributed by atoms with Crippen molar-refractivity contribution in [3.05, 3.63) is 46.8 Å². The van der Waals surface area contributed by atoms with Crippen LogP contribution in [0.4, 0.5) is 5.95 Å². The molecule has 0 bridgehead atoms. The number of aromatic nitrogens is 2. The van der Waals surface area contributed by atoms with E-state index in [1.807, 2.05) is 0 Å². The predicted molar refractivity (Wildman–Crippen MR) is 103 cm³/mol. The van der Waals surface area contributed by atoms with Crippen LogP contribution in [0.15, 0.2) is 29.3 Å². The summed E-state index contributed by atoms with van der Waals surface area (Å²) in [7, 11) is -3.36. The van der Waals surface area contributed by atoms with Gasteiger partial charge in [-0.05, 0) is 44.4 Å². The average Bonchev–Trinajstić information content (AvgIpc) is 2.62. The average molecular weight is 375 g/mol. The highest BCUT2D eigenvalue weighted by atomic mass is 32.2. The Balaban J connectivity index is 1.87. The lowest BCUT2D eigenvalue weighted by molar-refractivity contribution is 0.448. The molecule has 26 heavy (non-hydrogen) atoms. The van der Waals surface area contributed by atoms with Crippen LogP contribution in [-0.2, 0) is 16.4 Å². The van der Waals surface area contributed by atoms with E-state index in [4.69, 9.17) is 0 Å². The molecule has 0 saturated carbocycles. The summed E-state index contributed by atoms with van der Waals surface area (Å²) in [5.41, 5.74) is 4.21.